The van der Waals surface area contributed by atoms with Crippen molar-refractivity contribution in [2.45, 2.75) is 13.3 Å². The maximum atomic E-state index is 12.6. The van der Waals surface area contributed by atoms with Gasteiger partial charge in [-0.2, -0.15) is 0 Å². The fourth-order valence-corrected chi connectivity index (χ4v) is 3.42. The Labute approximate surface area is 151 Å². The van der Waals surface area contributed by atoms with Gasteiger partial charge in [0.1, 0.15) is 0 Å². The number of hydrogen-bond donors (Lipinski definition) is 0. The van der Waals surface area contributed by atoms with E-state index in [-0.39, 0.29) is 24.2 Å². The first kappa shape index (κ1) is 19.1. The van der Waals surface area contributed by atoms with Crippen LogP contribution in [0.3, 0.4) is 0 Å². The monoisotopic (exact) mass is 363 g/mol. The third kappa shape index (κ3) is 5.09. The Bertz CT molecular complexity index is 671. The van der Waals surface area contributed by atoms with E-state index in [2.05, 4.69) is 0 Å². The SMILES string of the molecule is CCOC(=O)CSC1=C(C(=O)OC)CN(C(=O)c2ccccc2)CC1. The molecule has 1 aliphatic rings. The van der Waals surface area contributed by atoms with Gasteiger partial charge in [0, 0.05) is 12.1 Å². The van der Waals surface area contributed by atoms with Crippen molar-refractivity contribution in [3.8, 4) is 0 Å². The smallest absolute Gasteiger partial charge is 0.336 e. The molecule has 0 unspecified atom stereocenters. The molecule has 0 fully saturated rings. The summed E-state index contributed by atoms with van der Waals surface area (Å²) in [6, 6.07) is 8.93. The summed E-state index contributed by atoms with van der Waals surface area (Å²) in [6.45, 7) is 2.72. The maximum absolute atomic E-state index is 12.6. The molecule has 2 rings (SSSR count). The van der Waals surface area contributed by atoms with Crippen LogP contribution in [-0.4, -0.2) is 55.3 Å². The lowest BCUT2D eigenvalue weighted by atomic mass is 10.1. The molecule has 0 radical (unpaired) electrons. The normalized spacial score (nSPS) is 14.2. The highest BCUT2D eigenvalue weighted by molar-refractivity contribution is 8.03. The minimum absolute atomic E-state index is 0.128. The van der Waals surface area contributed by atoms with Crippen molar-refractivity contribution >= 4 is 29.6 Å². The lowest BCUT2D eigenvalue weighted by molar-refractivity contribution is -0.140. The number of ether oxygens (including phenoxy) is 2. The molecule has 25 heavy (non-hydrogen) atoms. The molecule has 0 spiro atoms. The van der Waals surface area contributed by atoms with E-state index >= 15 is 0 Å². The molecule has 0 aromatic heterocycles. The van der Waals surface area contributed by atoms with Gasteiger partial charge in [0.2, 0.25) is 0 Å². The van der Waals surface area contributed by atoms with Gasteiger partial charge in [-0.05, 0) is 30.4 Å². The maximum Gasteiger partial charge on any atom is 0.336 e. The number of esters is 2. The number of carbonyl (C=O) groups is 3. The summed E-state index contributed by atoms with van der Waals surface area (Å²) in [5, 5.41) is 0. The fraction of sp³-hybridized carbons (Fsp3) is 0.389. The second-order valence-electron chi connectivity index (χ2n) is 5.33. The van der Waals surface area contributed by atoms with Crippen LogP contribution in [0.15, 0.2) is 40.8 Å². The lowest BCUT2D eigenvalue weighted by Crippen LogP contribution is -2.38. The molecular weight excluding hydrogens is 342 g/mol. The van der Waals surface area contributed by atoms with Crippen molar-refractivity contribution in [2.75, 3.05) is 32.6 Å². The molecule has 6 nitrogen and oxygen atoms in total. The van der Waals surface area contributed by atoms with Gasteiger partial charge >= 0.3 is 11.9 Å². The molecule has 0 atom stereocenters. The molecule has 0 N–H and O–H groups in total. The molecule has 1 amide bonds. The number of amides is 1. The number of nitrogens with zero attached hydrogens (tertiary/aromatic N) is 1. The summed E-state index contributed by atoms with van der Waals surface area (Å²) in [5.74, 6) is -0.795. The zero-order chi connectivity index (χ0) is 18.2. The Kier molecular flexibility index (Phi) is 7.06. The van der Waals surface area contributed by atoms with E-state index in [9.17, 15) is 14.4 Å². The van der Waals surface area contributed by atoms with Gasteiger partial charge in [-0.1, -0.05) is 18.2 Å². The van der Waals surface area contributed by atoms with E-state index in [4.69, 9.17) is 9.47 Å². The van der Waals surface area contributed by atoms with Crippen molar-refractivity contribution in [1.82, 2.24) is 4.90 Å². The van der Waals surface area contributed by atoms with Gasteiger partial charge < -0.3 is 14.4 Å². The van der Waals surface area contributed by atoms with Crippen molar-refractivity contribution in [3.63, 3.8) is 0 Å². The fourth-order valence-electron chi connectivity index (χ4n) is 2.49. The van der Waals surface area contributed by atoms with Gasteiger partial charge in [0.25, 0.3) is 5.91 Å². The number of thioether (sulfide) groups is 1. The zero-order valence-corrected chi connectivity index (χ0v) is 15.1. The summed E-state index contributed by atoms with van der Waals surface area (Å²) in [4.78, 5) is 38.6. The number of rotatable bonds is 6. The van der Waals surface area contributed by atoms with Gasteiger partial charge in [0.05, 0.1) is 31.6 Å². The number of benzene rings is 1. The highest BCUT2D eigenvalue weighted by Crippen LogP contribution is 2.29. The van der Waals surface area contributed by atoms with Crippen molar-refractivity contribution < 1.29 is 23.9 Å². The first-order valence-electron chi connectivity index (χ1n) is 7.99. The Morgan fingerprint density at radius 1 is 1.20 bits per heavy atom. The summed E-state index contributed by atoms with van der Waals surface area (Å²) in [5.41, 5.74) is 1.00. The van der Waals surface area contributed by atoms with Crippen LogP contribution in [0, 0.1) is 0 Å². The molecule has 0 aliphatic carbocycles. The standard InChI is InChI=1S/C18H21NO5S/c1-3-24-16(20)12-25-15-9-10-19(11-14(15)18(22)23-2)17(21)13-7-5-4-6-8-13/h4-8H,3,9-12H2,1-2H3. The Hall–Kier alpha value is -2.28. The van der Waals surface area contributed by atoms with Gasteiger partial charge in [0.15, 0.2) is 0 Å². The van der Waals surface area contributed by atoms with E-state index in [1.54, 1.807) is 36.1 Å². The molecule has 1 aliphatic heterocycles. The highest BCUT2D eigenvalue weighted by atomic mass is 32.2. The van der Waals surface area contributed by atoms with E-state index in [0.29, 0.717) is 30.7 Å². The van der Waals surface area contributed by atoms with E-state index in [0.717, 1.165) is 4.91 Å². The molecule has 0 bridgehead atoms. The van der Waals surface area contributed by atoms with Crippen LogP contribution in [0.1, 0.15) is 23.7 Å². The van der Waals surface area contributed by atoms with Crippen LogP contribution in [0.4, 0.5) is 0 Å². The van der Waals surface area contributed by atoms with Gasteiger partial charge in [-0.15, -0.1) is 11.8 Å². The molecule has 0 saturated carbocycles. The second kappa shape index (κ2) is 9.27. The molecule has 7 heteroatoms. The van der Waals surface area contributed by atoms with Crippen LogP contribution < -0.4 is 0 Å². The average Bonchev–Trinajstić information content (AvgIpc) is 2.66. The quantitative estimate of drug-likeness (QED) is 0.722. The van der Waals surface area contributed by atoms with Crippen LogP contribution in [0.25, 0.3) is 0 Å². The van der Waals surface area contributed by atoms with E-state index in [1.165, 1.54) is 18.9 Å². The second-order valence-corrected chi connectivity index (χ2v) is 6.40. The van der Waals surface area contributed by atoms with E-state index < -0.39 is 5.97 Å². The predicted molar refractivity (Wildman–Crippen MR) is 95.1 cm³/mol. The minimum Gasteiger partial charge on any atom is -0.466 e. The summed E-state index contributed by atoms with van der Waals surface area (Å²) < 4.78 is 9.75. The largest absolute Gasteiger partial charge is 0.466 e. The average molecular weight is 363 g/mol. The lowest BCUT2D eigenvalue weighted by Gasteiger charge is -2.29. The molecule has 134 valence electrons. The predicted octanol–water partition coefficient (Wildman–Crippen LogP) is 2.26. The molecular formula is C18H21NO5S. The first-order valence-corrected chi connectivity index (χ1v) is 8.98. The van der Waals surface area contributed by atoms with Crippen molar-refractivity contribution in [1.29, 1.82) is 0 Å². The molecule has 1 aromatic rings. The summed E-state index contributed by atoms with van der Waals surface area (Å²) in [6.07, 6.45) is 0.507. The number of carbonyl (C=O) groups excluding carboxylic acids is 3. The Balaban J connectivity index is 2.13. The number of methoxy groups -OCH3 is 1. The first-order chi connectivity index (χ1) is 12.1. The number of hydrogen-bond acceptors (Lipinski definition) is 6. The minimum atomic E-state index is -0.475. The van der Waals surface area contributed by atoms with Crippen molar-refractivity contribution in [3.05, 3.63) is 46.4 Å². The third-order valence-electron chi connectivity index (χ3n) is 3.70. The zero-order valence-electron chi connectivity index (χ0n) is 14.3. The summed E-state index contributed by atoms with van der Waals surface area (Å²) >= 11 is 1.27. The van der Waals surface area contributed by atoms with Crippen LogP contribution in [0.5, 0.6) is 0 Å². The van der Waals surface area contributed by atoms with Gasteiger partial charge in [-0.25, -0.2) is 4.79 Å². The van der Waals surface area contributed by atoms with E-state index in [1.807, 2.05) is 6.07 Å². The summed E-state index contributed by atoms with van der Waals surface area (Å²) in [7, 11) is 1.31. The highest BCUT2D eigenvalue weighted by Gasteiger charge is 2.28. The Morgan fingerprint density at radius 3 is 2.56 bits per heavy atom. The van der Waals surface area contributed by atoms with Crippen LogP contribution in [0.2, 0.25) is 0 Å². The van der Waals surface area contributed by atoms with Crippen molar-refractivity contribution in [2.24, 2.45) is 0 Å². The molecule has 0 saturated heterocycles. The van der Waals surface area contributed by atoms with Crippen LogP contribution in [-0.2, 0) is 19.1 Å². The molecule has 1 heterocycles. The topological polar surface area (TPSA) is 72.9 Å². The Morgan fingerprint density at radius 2 is 1.92 bits per heavy atom. The molecule has 1 aromatic carbocycles. The third-order valence-corrected chi connectivity index (χ3v) is 4.88. The van der Waals surface area contributed by atoms with Crippen LogP contribution >= 0.6 is 11.8 Å². The van der Waals surface area contributed by atoms with Gasteiger partial charge in [-0.3, -0.25) is 9.59 Å².